The van der Waals surface area contributed by atoms with Gasteiger partial charge in [0.05, 0.1) is 11.4 Å². The van der Waals surface area contributed by atoms with E-state index in [4.69, 9.17) is 0 Å². The summed E-state index contributed by atoms with van der Waals surface area (Å²) in [7, 11) is 0. The molecule has 2 nitrogen and oxygen atoms in total. The molecule has 21 heavy (non-hydrogen) atoms. The van der Waals surface area contributed by atoms with Crippen LogP contribution in [0.2, 0.25) is 0 Å². The third-order valence-electron chi connectivity index (χ3n) is 2.69. The molecule has 2 rings (SSSR count). The number of nitrogens with zero attached hydrogens (tertiary/aromatic N) is 1. The van der Waals surface area contributed by atoms with Crippen molar-refractivity contribution >= 4 is 33.4 Å². The van der Waals surface area contributed by atoms with E-state index in [2.05, 4.69) is 26.2 Å². The minimum absolute atomic E-state index is 0.108. The monoisotopic (exact) mass is 376 g/mol. The van der Waals surface area contributed by atoms with Gasteiger partial charge < -0.3 is 5.32 Å². The lowest BCUT2D eigenvalue weighted by molar-refractivity contribution is -0.0328. The Morgan fingerprint density at radius 2 is 1.81 bits per heavy atom. The molecule has 0 saturated heterocycles. The van der Waals surface area contributed by atoms with Crippen LogP contribution in [0.5, 0.6) is 0 Å². The fraction of sp³-hybridized carbons (Fsp3) is 0.214. The molecule has 0 saturated carbocycles. The van der Waals surface area contributed by atoms with Crippen LogP contribution < -0.4 is 5.32 Å². The second kappa shape index (κ2) is 6.70. The molecule has 0 aliphatic carbocycles. The quantitative estimate of drug-likeness (QED) is 0.572. The molecule has 1 aromatic carbocycles. The maximum Gasteiger partial charge on any atom is 0.446 e. The predicted octanol–water partition coefficient (Wildman–Crippen LogP) is 5.38. The van der Waals surface area contributed by atoms with Crippen molar-refractivity contribution < 1.29 is 13.2 Å². The van der Waals surface area contributed by atoms with Gasteiger partial charge in [-0.1, -0.05) is 12.1 Å². The first kappa shape index (κ1) is 16.2. The SMILES string of the molecule is Cc1nc(Br)ccc1NCc1ccc(SC(F)(F)F)cc1. The first-order valence-electron chi connectivity index (χ1n) is 6.05. The van der Waals surface area contributed by atoms with Crippen LogP contribution in [0, 0.1) is 6.92 Å². The number of alkyl halides is 3. The minimum Gasteiger partial charge on any atom is -0.380 e. The van der Waals surface area contributed by atoms with Gasteiger partial charge in [-0.05, 0) is 64.4 Å². The van der Waals surface area contributed by atoms with Gasteiger partial charge in [-0.3, -0.25) is 0 Å². The zero-order valence-corrected chi connectivity index (χ0v) is 13.4. The minimum atomic E-state index is -4.25. The number of benzene rings is 1. The van der Waals surface area contributed by atoms with E-state index < -0.39 is 5.51 Å². The topological polar surface area (TPSA) is 24.9 Å². The summed E-state index contributed by atoms with van der Waals surface area (Å²) in [6.07, 6.45) is 0. The van der Waals surface area contributed by atoms with Crippen LogP contribution in [0.4, 0.5) is 18.9 Å². The average molecular weight is 377 g/mol. The van der Waals surface area contributed by atoms with Gasteiger partial charge in [-0.25, -0.2) is 4.98 Å². The lowest BCUT2D eigenvalue weighted by Crippen LogP contribution is -2.02. The van der Waals surface area contributed by atoms with E-state index in [1.54, 1.807) is 12.1 Å². The van der Waals surface area contributed by atoms with Crippen LogP contribution in [-0.4, -0.2) is 10.5 Å². The Kier molecular flexibility index (Phi) is 5.16. The van der Waals surface area contributed by atoms with Crippen LogP contribution in [0.3, 0.4) is 0 Å². The maximum absolute atomic E-state index is 12.2. The van der Waals surface area contributed by atoms with Crippen molar-refractivity contribution in [2.45, 2.75) is 23.9 Å². The van der Waals surface area contributed by atoms with E-state index in [0.717, 1.165) is 21.5 Å². The molecule has 0 bridgehead atoms. The molecule has 112 valence electrons. The van der Waals surface area contributed by atoms with Crippen LogP contribution in [0.1, 0.15) is 11.3 Å². The molecule has 7 heteroatoms. The number of rotatable bonds is 4. The second-order valence-corrected chi connectivity index (χ2v) is 6.26. The van der Waals surface area contributed by atoms with Gasteiger partial charge in [-0.2, -0.15) is 13.2 Å². The number of hydrogen-bond donors (Lipinski definition) is 1. The summed E-state index contributed by atoms with van der Waals surface area (Å²) in [5, 5.41) is 3.21. The fourth-order valence-corrected chi connectivity index (χ4v) is 2.66. The second-order valence-electron chi connectivity index (χ2n) is 4.31. The van der Waals surface area contributed by atoms with Gasteiger partial charge in [0.15, 0.2) is 0 Å². The summed E-state index contributed by atoms with van der Waals surface area (Å²) in [6.45, 7) is 2.41. The lowest BCUT2D eigenvalue weighted by atomic mass is 10.2. The molecular weight excluding hydrogens is 365 g/mol. The molecule has 1 heterocycles. The molecular formula is C14H12BrF3N2S. The molecule has 1 aromatic heterocycles. The van der Waals surface area contributed by atoms with Crippen LogP contribution in [0.15, 0.2) is 45.9 Å². The van der Waals surface area contributed by atoms with Crippen molar-refractivity contribution in [3.63, 3.8) is 0 Å². The molecule has 0 unspecified atom stereocenters. The molecule has 0 amide bonds. The summed E-state index contributed by atoms with van der Waals surface area (Å²) < 4.78 is 37.4. The number of pyridine rings is 1. The first-order valence-corrected chi connectivity index (χ1v) is 7.66. The molecule has 0 spiro atoms. The number of anilines is 1. The van der Waals surface area contributed by atoms with Crippen molar-refractivity contribution in [2.24, 2.45) is 0 Å². The Morgan fingerprint density at radius 3 is 2.38 bits per heavy atom. The number of thioether (sulfide) groups is 1. The van der Waals surface area contributed by atoms with Gasteiger partial charge in [0.25, 0.3) is 0 Å². The number of aromatic nitrogens is 1. The molecule has 0 fully saturated rings. The predicted molar refractivity (Wildman–Crippen MR) is 82.4 cm³/mol. The van der Waals surface area contributed by atoms with E-state index >= 15 is 0 Å². The average Bonchev–Trinajstić information content (AvgIpc) is 2.38. The summed E-state index contributed by atoms with van der Waals surface area (Å²) in [4.78, 5) is 4.45. The molecule has 1 N–H and O–H groups in total. The highest BCUT2D eigenvalue weighted by molar-refractivity contribution is 9.10. The summed E-state index contributed by atoms with van der Waals surface area (Å²) in [6, 6.07) is 10.0. The van der Waals surface area contributed by atoms with E-state index in [1.165, 1.54) is 12.1 Å². The van der Waals surface area contributed by atoms with Gasteiger partial charge in [0, 0.05) is 11.4 Å². The Balaban J connectivity index is 1.97. The number of nitrogens with one attached hydrogen (secondary N) is 1. The third kappa shape index (κ3) is 5.24. The first-order chi connectivity index (χ1) is 9.83. The smallest absolute Gasteiger partial charge is 0.380 e. The largest absolute Gasteiger partial charge is 0.446 e. The van der Waals surface area contributed by atoms with Crippen molar-refractivity contribution in [3.8, 4) is 0 Å². The highest BCUT2D eigenvalue weighted by Gasteiger charge is 2.28. The Bertz CT molecular complexity index is 615. The zero-order chi connectivity index (χ0) is 15.5. The molecule has 0 radical (unpaired) electrons. The van der Waals surface area contributed by atoms with Gasteiger partial charge >= 0.3 is 5.51 Å². The van der Waals surface area contributed by atoms with E-state index in [-0.39, 0.29) is 16.7 Å². The van der Waals surface area contributed by atoms with Crippen LogP contribution >= 0.6 is 27.7 Å². The number of hydrogen-bond acceptors (Lipinski definition) is 3. The Hall–Kier alpha value is -1.21. The highest BCUT2D eigenvalue weighted by Crippen LogP contribution is 2.36. The fourth-order valence-electron chi connectivity index (χ4n) is 1.72. The third-order valence-corrected chi connectivity index (χ3v) is 3.87. The van der Waals surface area contributed by atoms with Crippen molar-refractivity contribution in [2.75, 3.05) is 5.32 Å². The molecule has 0 aliphatic heterocycles. The Morgan fingerprint density at radius 1 is 1.14 bits per heavy atom. The lowest BCUT2D eigenvalue weighted by Gasteiger charge is -2.10. The van der Waals surface area contributed by atoms with Gasteiger partial charge in [-0.15, -0.1) is 0 Å². The van der Waals surface area contributed by atoms with E-state index in [9.17, 15) is 13.2 Å². The Labute approximate surface area is 133 Å². The molecule has 0 aliphatic rings. The molecule has 0 atom stereocenters. The summed E-state index contributed by atoms with van der Waals surface area (Å²) in [5.41, 5.74) is -1.59. The van der Waals surface area contributed by atoms with Crippen LogP contribution in [0.25, 0.3) is 0 Å². The normalized spacial score (nSPS) is 11.5. The van der Waals surface area contributed by atoms with E-state index in [1.807, 2.05) is 19.1 Å². The highest BCUT2D eigenvalue weighted by atomic mass is 79.9. The number of aryl methyl sites for hydroxylation is 1. The van der Waals surface area contributed by atoms with Crippen molar-refractivity contribution in [1.29, 1.82) is 0 Å². The maximum atomic E-state index is 12.2. The summed E-state index contributed by atoms with van der Waals surface area (Å²) >= 11 is 3.18. The summed E-state index contributed by atoms with van der Waals surface area (Å²) in [5.74, 6) is 0. The van der Waals surface area contributed by atoms with Crippen LogP contribution in [-0.2, 0) is 6.54 Å². The van der Waals surface area contributed by atoms with Gasteiger partial charge in [0.2, 0.25) is 0 Å². The van der Waals surface area contributed by atoms with E-state index in [0.29, 0.717) is 6.54 Å². The molecule has 2 aromatic rings. The number of halogens is 4. The van der Waals surface area contributed by atoms with Crippen molar-refractivity contribution in [3.05, 3.63) is 52.3 Å². The zero-order valence-electron chi connectivity index (χ0n) is 11.0. The van der Waals surface area contributed by atoms with Crippen molar-refractivity contribution in [1.82, 2.24) is 4.98 Å². The van der Waals surface area contributed by atoms with Gasteiger partial charge in [0.1, 0.15) is 4.60 Å². The standard InChI is InChI=1S/C14H12BrF3N2S/c1-9-12(6-7-13(15)20-9)19-8-10-2-4-11(5-3-10)21-14(16,17)18/h2-7,19H,8H2,1H3.